The predicted octanol–water partition coefficient (Wildman–Crippen LogP) is 6.39. The van der Waals surface area contributed by atoms with Gasteiger partial charge in [0, 0.05) is 0 Å². The highest BCUT2D eigenvalue weighted by atomic mass is 16.5. The number of unbranched alkanes of at least 4 members (excludes halogenated alkanes) is 11. The van der Waals surface area contributed by atoms with Crippen molar-refractivity contribution in [2.75, 3.05) is 46.7 Å². The summed E-state index contributed by atoms with van der Waals surface area (Å²) in [7, 11) is 10.4. The standard InChI is InChI=1S/C26H48N3O/c1-7-8-9-10-11-12-13-14-15-16-17-18-23-30-25-21-19-24(20-22-25)29(6)26(27(2)3)28(4)5/h19-22H,7-18,23H2,1-6H3/q+1. The Morgan fingerprint density at radius 2 is 1.20 bits per heavy atom. The minimum atomic E-state index is 0.819. The van der Waals surface area contributed by atoms with Crippen molar-refractivity contribution in [1.82, 2.24) is 4.90 Å². The molecule has 0 radical (unpaired) electrons. The number of ether oxygens (including phenoxy) is 1. The van der Waals surface area contributed by atoms with Gasteiger partial charge in [0.15, 0.2) is 0 Å². The summed E-state index contributed by atoms with van der Waals surface area (Å²) in [4.78, 5) is 4.31. The number of hydrogen-bond acceptors (Lipinski definition) is 1. The van der Waals surface area contributed by atoms with Gasteiger partial charge < -0.3 is 4.74 Å². The highest BCUT2D eigenvalue weighted by molar-refractivity contribution is 5.91. The van der Waals surface area contributed by atoms with E-state index in [1.807, 2.05) is 0 Å². The number of nitrogens with zero attached hydrogens (tertiary/aromatic N) is 3. The average molecular weight is 419 g/mol. The highest BCUT2D eigenvalue weighted by Crippen LogP contribution is 2.20. The molecule has 0 aliphatic heterocycles. The fourth-order valence-corrected chi connectivity index (χ4v) is 4.01. The lowest BCUT2D eigenvalue weighted by molar-refractivity contribution is -0.470. The Kier molecular flexibility index (Phi) is 14.1. The largest absolute Gasteiger partial charge is 0.494 e. The predicted molar refractivity (Wildman–Crippen MR) is 132 cm³/mol. The second kappa shape index (κ2) is 16.0. The molecule has 0 heterocycles. The van der Waals surface area contributed by atoms with E-state index in [4.69, 9.17) is 4.74 Å². The lowest BCUT2D eigenvalue weighted by Crippen LogP contribution is -2.43. The molecule has 0 aliphatic rings. The molecule has 0 atom stereocenters. The summed E-state index contributed by atoms with van der Waals surface area (Å²) < 4.78 is 8.06. The molecule has 0 aliphatic carbocycles. The Balaban J connectivity index is 2.14. The summed E-state index contributed by atoms with van der Waals surface area (Å²) in [5.41, 5.74) is 1.16. The maximum absolute atomic E-state index is 5.94. The molecule has 30 heavy (non-hydrogen) atoms. The molecule has 0 unspecified atom stereocenters. The molecule has 0 saturated heterocycles. The molecule has 0 aromatic heterocycles. The van der Waals surface area contributed by atoms with E-state index in [2.05, 4.69) is 80.8 Å². The van der Waals surface area contributed by atoms with Crippen LogP contribution in [0.25, 0.3) is 0 Å². The zero-order chi connectivity index (χ0) is 22.2. The molecule has 1 rings (SSSR count). The van der Waals surface area contributed by atoms with Crippen molar-refractivity contribution >= 4 is 11.6 Å². The van der Waals surface area contributed by atoms with Crippen molar-refractivity contribution in [2.24, 2.45) is 0 Å². The minimum Gasteiger partial charge on any atom is -0.494 e. The maximum Gasteiger partial charge on any atom is 0.354 e. The van der Waals surface area contributed by atoms with Gasteiger partial charge >= 0.3 is 5.96 Å². The average Bonchev–Trinajstić information content (AvgIpc) is 2.71. The van der Waals surface area contributed by atoms with Gasteiger partial charge in [0.1, 0.15) is 11.4 Å². The topological polar surface area (TPSA) is 18.7 Å². The fourth-order valence-electron chi connectivity index (χ4n) is 4.01. The van der Waals surface area contributed by atoms with Crippen LogP contribution in [-0.2, 0) is 0 Å². The van der Waals surface area contributed by atoms with Crippen LogP contribution in [0.3, 0.4) is 0 Å². The summed E-state index contributed by atoms with van der Waals surface area (Å²) in [6.45, 7) is 3.10. The summed E-state index contributed by atoms with van der Waals surface area (Å²) in [5, 5.41) is 0. The van der Waals surface area contributed by atoms with Gasteiger partial charge in [-0.05, 0) is 30.7 Å². The number of benzene rings is 1. The second-order valence-electron chi connectivity index (χ2n) is 8.88. The van der Waals surface area contributed by atoms with Gasteiger partial charge in [0.2, 0.25) is 0 Å². The summed E-state index contributed by atoms with van der Waals surface area (Å²) in [5.74, 6) is 2.10. The maximum atomic E-state index is 5.94. The molecule has 0 amide bonds. The Morgan fingerprint density at radius 1 is 0.733 bits per heavy atom. The van der Waals surface area contributed by atoms with E-state index in [1.54, 1.807) is 0 Å². The Bertz CT molecular complexity index is 576. The molecule has 1 aromatic rings. The molecule has 172 valence electrons. The van der Waals surface area contributed by atoms with Gasteiger partial charge in [-0.2, -0.15) is 0 Å². The zero-order valence-corrected chi connectivity index (χ0v) is 20.8. The van der Waals surface area contributed by atoms with Crippen molar-refractivity contribution in [2.45, 2.75) is 84.0 Å². The first-order chi connectivity index (χ1) is 14.5. The summed E-state index contributed by atoms with van der Waals surface area (Å²) in [6, 6.07) is 8.42. The van der Waals surface area contributed by atoms with Crippen LogP contribution in [0.15, 0.2) is 24.3 Å². The third-order valence-electron chi connectivity index (χ3n) is 5.59. The Labute approximate surface area is 186 Å². The molecular weight excluding hydrogens is 370 g/mol. The molecule has 1 aromatic carbocycles. The quantitative estimate of drug-likeness (QED) is 0.142. The van der Waals surface area contributed by atoms with Crippen LogP contribution in [0, 0.1) is 0 Å². The smallest absolute Gasteiger partial charge is 0.354 e. The van der Waals surface area contributed by atoms with Crippen molar-refractivity contribution in [3.63, 3.8) is 0 Å². The van der Waals surface area contributed by atoms with Crippen LogP contribution in [0.4, 0.5) is 5.69 Å². The van der Waals surface area contributed by atoms with Crippen molar-refractivity contribution in [3.8, 4) is 5.75 Å². The van der Waals surface area contributed by atoms with E-state index in [0.717, 1.165) is 30.4 Å². The molecule has 0 saturated carbocycles. The van der Waals surface area contributed by atoms with E-state index in [0.29, 0.717) is 0 Å². The van der Waals surface area contributed by atoms with Crippen molar-refractivity contribution < 1.29 is 9.31 Å². The van der Waals surface area contributed by atoms with Crippen LogP contribution in [0.2, 0.25) is 0 Å². The van der Waals surface area contributed by atoms with Crippen LogP contribution >= 0.6 is 0 Å². The number of hydrogen-bond donors (Lipinski definition) is 0. The molecule has 0 bridgehead atoms. The van der Waals surface area contributed by atoms with Gasteiger partial charge in [0.05, 0.1) is 41.8 Å². The molecule has 4 heteroatoms. The van der Waals surface area contributed by atoms with Crippen molar-refractivity contribution in [1.29, 1.82) is 0 Å². The van der Waals surface area contributed by atoms with Crippen LogP contribution in [-0.4, -0.2) is 57.3 Å². The van der Waals surface area contributed by atoms with E-state index in [1.165, 1.54) is 70.6 Å². The number of anilines is 1. The van der Waals surface area contributed by atoms with E-state index < -0.39 is 0 Å². The minimum absolute atomic E-state index is 0.819. The normalized spacial score (nSPS) is 10.7. The van der Waals surface area contributed by atoms with E-state index in [9.17, 15) is 0 Å². The number of rotatable bonds is 15. The summed E-state index contributed by atoms with van der Waals surface area (Å²) >= 11 is 0. The van der Waals surface area contributed by atoms with Crippen LogP contribution in [0.1, 0.15) is 84.0 Å². The van der Waals surface area contributed by atoms with Gasteiger partial charge in [-0.1, -0.05) is 77.6 Å². The van der Waals surface area contributed by atoms with Gasteiger partial charge in [0.25, 0.3) is 0 Å². The number of guanidine groups is 1. The lowest BCUT2D eigenvalue weighted by atomic mass is 10.1. The van der Waals surface area contributed by atoms with E-state index in [-0.39, 0.29) is 0 Å². The highest BCUT2D eigenvalue weighted by Gasteiger charge is 2.20. The second-order valence-corrected chi connectivity index (χ2v) is 8.88. The SMILES string of the molecule is CCCCCCCCCCCCCCOc1ccc(N(C)C(N(C)C)=[N+](C)C)cc1. The monoisotopic (exact) mass is 418 g/mol. The first-order valence-corrected chi connectivity index (χ1v) is 12.2. The first-order valence-electron chi connectivity index (χ1n) is 12.2. The molecule has 4 nitrogen and oxygen atoms in total. The van der Waals surface area contributed by atoms with Gasteiger partial charge in [-0.25, -0.2) is 4.90 Å². The molecule has 0 N–H and O–H groups in total. The van der Waals surface area contributed by atoms with Gasteiger partial charge in [-0.15, -0.1) is 0 Å². The first kappa shape index (κ1) is 26.3. The Morgan fingerprint density at radius 3 is 1.63 bits per heavy atom. The van der Waals surface area contributed by atoms with Gasteiger partial charge in [-0.3, -0.25) is 9.48 Å². The Hall–Kier alpha value is -1.71. The van der Waals surface area contributed by atoms with Crippen molar-refractivity contribution in [3.05, 3.63) is 24.3 Å². The molecule has 0 spiro atoms. The molecule has 0 fully saturated rings. The third kappa shape index (κ3) is 10.9. The van der Waals surface area contributed by atoms with Crippen LogP contribution in [0.5, 0.6) is 5.75 Å². The lowest BCUT2D eigenvalue weighted by Gasteiger charge is -2.21. The zero-order valence-electron chi connectivity index (χ0n) is 20.8. The van der Waals surface area contributed by atoms with E-state index >= 15 is 0 Å². The third-order valence-corrected chi connectivity index (χ3v) is 5.59. The molecular formula is C26H48N3O+. The van der Waals surface area contributed by atoms with Crippen LogP contribution < -0.4 is 9.64 Å². The summed E-state index contributed by atoms with van der Waals surface area (Å²) in [6.07, 6.45) is 16.5. The fraction of sp³-hybridized carbons (Fsp3) is 0.731.